The third kappa shape index (κ3) is 1.75. The summed E-state index contributed by atoms with van der Waals surface area (Å²) >= 11 is 0. The summed E-state index contributed by atoms with van der Waals surface area (Å²) in [5.41, 5.74) is 0. The minimum Gasteiger partial charge on any atom is -0.307 e. The fourth-order valence-electron chi connectivity index (χ4n) is 0.796. The van der Waals surface area contributed by atoms with Gasteiger partial charge in [-0.3, -0.25) is 14.9 Å². The second-order valence-corrected chi connectivity index (χ2v) is 2.23. The molecule has 5 heteroatoms. The lowest BCUT2D eigenvalue weighted by molar-refractivity contribution is -0.130. The molecule has 0 aliphatic carbocycles. The maximum Gasteiger partial charge on any atom is 0.245 e. The van der Waals surface area contributed by atoms with Crippen LogP contribution in [-0.2, 0) is 9.59 Å². The van der Waals surface area contributed by atoms with Crippen molar-refractivity contribution in [2.75, 3.05) is 13.1 Å². The van der Waals surface area contributed by atoms with Crippen molar-refractivity contribution in [1.29, 1.82) is 5.26 Å². The van der Waals surface area contributed by atoms with E-state index in [0.29, 0.717) is 0 Å². The maximum absolute atomic E-state index is 10.9. The molecule has 2 amide bonds. The zero-order chi connectivity index (χ0) is 8.27. The van der Waals surface area contributed by atoms with E-state index in [-0.39, 0.29) is 19.0 Å². The van der Waals surface area contributed by atoms with Gasteiger partial charge in [0.05, 0.1) is 12.6 Å². The van der Waals surface area contributed by atoms with Gasteiger partial charge in [-0.25, -0.2) is 0 Å². The molecule has 11 heavy (non-hydrogen) atoms. The summed E-state index contributed by atoms with van der Waals surface area (Å²) in [7, 11) is 0. The predicted octanol–water partition coefficient (Wildman–Crippen LogP) is -1.63. The van der Waals surface area contributed by atoms with Crippen LogP contribution < -0.4 is 10.6 Å². The Morgan fingerprint density at radius 1 is 1.55 bits per heavy atom. The molecule has 1 aliphatic heterocycles. The zero-order valence-corrected chi connectivity index (χ0v) is 5.76. The molecule has 0 spiro atoms. The number of imide groups is 1. The quantitative estimate of drug-likeness (QED) is 0.409. The van der Waals surface area contributed by atoms with Gasteiger partial charge in [0.15, 0.2) is 0 Å². The van der Waals surface area contributed by atoms with Gasteiger partial charge in [0, 0.05) is 6.54 Å². The van der Waals surface area contributed by atoms with E-state index in [2.05, 4.69) is 10.6 Å². The first kappa shape index (κ1) is 7.69. The molecule has 0 aromatic carbocycles. The third-order valence-electron chi connectivity index (χ3n) is 1.37. The fraction of sp³-hybridized carbons (Fsp3) is 0.500. The third-order valence-corrected chi connectivity index (χ3v) is 1.37. The molecule has 1 fully saturated rings. The van der Waals surface area contributed by atoms with Gasteiger partial charge in [-0.05, 0) is 0 Å². The number of nitriles is 1. The first-order valence-electron chi connectivity index (χ1n) is 3.18. The number of nitrogens with one attached hydrogen (secondary N) is 2. The molecule has 2 N–H and O–H groups in total. The predicted molar refractivity (Wildman–Crippen MR) is 35.1 cm³/mol. The van der Waals surface area contributed by atoms with E-state index in [1.54, 1.807) is 6.07 Å². The van der Waals surface area contributed by atoms with Crippen molar-refractivity contribution in [3.63, 3.8) is 0 Å². The molecule has 0 aromatic rings. The van der Waals surface area contributed by atoms with Crippen molar-refractivity contribution < 1.29 is 9.59 Å². The molecular formula is C6H7N3O2. The number of carbonyl (C=O) groups is 2. The van der Waals surface area contributed by atoms with Crippen molar-refractivity contribution >= 4 is 11.8 Å². The Kier molecular flexibility index (Phi) is 2.18. The highest BCUT2D eigenvalue weighted by atomic mass is 16.2. The van der Waals surface area contributed by atoms with Crippen LogP contribution >= 0.6 is 0 Å². The Bertz CT molecular complexity index is 230. The molecule has 0 aromatic heterocycles. The van der Waals surface area contributed by atoms with Gasteiger partial charge in [0.25, 0.3) is 0 Å². The molecule has 1 unspecified atom stereocenters. The maximum atomic E-state index is 10.9. The molecule has 1 rings (SSSR count). The van der Waals surface area contributed by atoms with Crippen LogP contribution in [0.25, 0.3) is 0 Å². The van der Waals surface area contributed by atoms with Crippen molar-refractivity contribution in [3.8, 4) is 6.07 Å². The molecule has 1 atom stereocenters. The summed E-state index contributed by atoms with van der Waals surface area (Å²) in [6, 6.07) is 1.79. The van der Waals surface area contributed by atoms with Crippen LogP contribution in [0.1, 0.15) is 0 Å². The highest BCUT2D eigenvalue weighted by molar-refractivity contribution is 5.98. The monoisotopic (exact) mass is 153 g/mol. The van der Waals surface area contributed by atoms with Crippen molar-refractivity contribution in [2.24, 2.45) is 5.92 Å². The Balaban J connectivity index is 2.66. The molecule has 0 bridgehead atoms. The van der Waals surface area contributed by atoms with E-state index in [1.165, 1.54) is 0 Å². The molecule has 1 heterocycles. The van der Waals surface area contributed by atoms with Gasteiger partial charge in [0.1, 0.15) is 5.92 Å². The highest BCUT2D eigenvalue weighted by Gasteiger charge is 2.22. The topological polar surface area (TPSA) is 82.0 Å². The lowest BCUT2D eigenvalue weighted by Gasteiger charge is -2.00. The van der Waals surface area contributed by atoms with Crippen LogP contribution in [0.4, 0.5) is 0 Å². The molecule has 1 aliphatic rings. The first-order valence-corrected chi connectivity index (χ1v) is 3.18. The second-order valence-electron chi connectivity index (χ2n) is 2.23. The van der Waals surface area contributed by atoms with Gasteiger partial charge in [-0.1, -0.05) is 0 Å². The molecular weight excluding hydrogens is 146 g/mol. The van der Waals surface area contributed by atoms with E-state index >= 15 is 0 Å². The average molecular weight is 153 g/mol. The van der Waals surface area contributed by atoms with Crippen molar-refractivity contribution in [1.82, 2.24) is 10.6 Å². The summed E-state index contributed by atoms with van der Waals surface area (Å²) in [5, 5.41) is 13.2. The lowest BCUT2D eigenvalue weighted by Crippen LogP contribution is -2.34. The van der Waals surface area contributed by atoms with Crippen LogP contribution in [0.15, 0.2) is 0 Å². The van der Waals surface area contributed by atoms with Crippen LogP contribution in [-0.4, -0.2) is 24.9 Å². The van der Waals surface area contributed by atoms with Gasteiger partial charge in [-0.2, -0.15) is 5.26 Å². The molecule has 1 saturated heterocycles. The Hall–Kier alpha value is -1.41. The number of rotatable bonds is 0. The Morgan fingerprint density at radius 2 is 2.27 bits per heavy atom. The van der Waals surface area contributed by atoms with Crippen molar-refractivity contribution in [2.45, 2.75) is 0 Å². The van der Waals surface area contributed by atoms with Crippen molar-refractivity contribution in [3.05, 3.63) is 0 Å². The van der Waals surface area contributed by atoms with Crippen LogP contribution in [0.3, 0.4) is 0 Å². The second kappa shape index (κ2) is 3.12. The first-order chi connectivity index (χ1) is 5.24. The summed E-state index contributed by atoms with van der Waals surface area (Å²) < 4.78 is 0. The van der Waals surface area contributed by atoms with Gasteiger partial charge in [0.2, 0.25) is 11.8 Å². The standard InChI is InChI=1S/C6H7N3O2/c7-1-4-2-8-3-5(10)9-6(4)11/h4,8H,2-3H2,(H,9,10,11). The Labute approximate surface area is 63.4 Å². The SMILES string of the molecule is N#CC1CNCC(=O)NC1=O. The minimum atomic E-state index is -0.749. The summed E-state index contributed by atoms with van der Waals surface area (Å²) in [6.45, 7) is 0.345. The van der Waals surface area contributed by atoms with E-state index in [4.69, 9.17) is 5.26 Å². The van der Waals surface area contributed by atoms with Gasteiger partial charge >= 0.3 is 0 Å². The fourth-order valence-corrected chi connectivity index (χ4v) is 0.796. The van der Waals surface area contributed by atoms with E-state index in [9.17, 15) is 9.59 Å². The van der Waals surface area contributed by atoms with E-state index < -0.39 is 11.8 Å². The zero-order valence-electron chi connectivity index (χ0n) is 5.76. The highest BCUT2D eigenvalue weighted by Crippen LogP contribution is 1.94. The number of hydrogen-bond acceptors (Lipinski definition) is 4. The van der Waals surface area contributed by atoms with Crippen LogP contribution in [0.2, 0.25) is 0 Å². The number of hydrogen-bond donors (Lipinski definition) is 2. The smallest absolute Gasteiger partial charge is 0.245 e. The average Bonchev–Trinajstić information content (AvgIpc) is 2.11. The number of carbonyl (C=O) groups excluding carboxylic acids is 2. The summed E-state index contributed by atoms with van der Waals surface area (Å²) in [4.78, 5) is 21.5. The molecule has 5 nitrogen and oxygen atoms in total. The number of nitrogens with zero attached hydrogens (tertiary/aromatic N) is 1. The normalized spacial score (nSPS) is 25.2. The van der Waals surface area contributed by atoms with Gasteiger partial charge in [-0.15, -0.1) is 0 Å². The lowest BCUT2D eigenvalue weighted by atomic mass is 10.1. The minimum absolute atomic E-state index is 0.101. The summed E-state index contributed by atoms with van der Waals surface area (Å²) in [5.74, 6) is -1.64. The summed E-state index contributed by atoms with van der Waals surface area (Å²) in [6.07, 6.45) is 0. The van der Waals surface area contributed by atoms with E-state index in [1.807, 2.05) is 0 Å². The molecule has 58 valence electrons. The number of amides is 2. The molecule has 0 radical (unpaired) electrons. The van der Waals surface area contributed by atoms with E-state index in [0.717, 1.165) is 0 Å². The molecule has 0 saturated carbocycles. The van der Waals surface area contributed by atoms with Gasteiger partial charge < -0.3 is 5.32 Å². The van der Waals surface area contributed by atoms with Crippen LogP contribution in [0, 0.1) is 17.2 Å². The largest absolute Gasteiger partial charge is 0.307 e. The Morgan fingerprint density at radius 3 is 2.91 bits per heavy atom. The van der Waals surface area contributed by atoms with Crippen LogP contribution in [0.5, 0.6) is 0 Å².